The smallest absolute Gasteiger partial charge is 0.269 e. The van der Waals surface area contributed by atoms with Crippen LogP contribution in [0.1, 0.15) is 12.5 Å². The highest BCUT2D eigenvalue weighted by atomic mass is 32.1. The first-order chi connectivity index (χ1) is 8.90. The fraction of sp³-hybridized carbons (Fsp3) is 0.250. The first kappa shape index (κ1) is 14.9. The lowest BCUT2D eigenvalue weighted by Crippen LogP contribution is -2.35. The van der Waals surface area contributed by atoms with Crippen LogP contribution in [0.4, 0.5) is 5.69 Å². The first-order valence-electron chi connectivity index (χ1n) is 5.50. The zero-order valence-corrected chi connectivity index (χ0v) is 11.3. The van der Waals surface area contributed by atoms with Crippen molar-refractivity contribution in [3.63, 3.8) is 0 Å². The summed E-state index contributed by atoms with van der Waals surface area (Å²) in [4.78, 5) is 10.1. The fourth-order valence-corrected chi connectivity index (χ4v) is 1.43. The van der Waals surface area contributed by atoms with Gasteiger partial charge in [-0.1, -0.05) is 18.2 Å². The van der Waals surface area contributed by atoms with Crippen molar-refractivity contribution in [1.29, 1.82) is 0 Å². The molecule has 0 aliphatic carbocycles. The van der Waals surface area contributed by atoms with Gasteiger partial charge in [0.05, 0.1) is 4.92 Å². The van der Waals surface area contributed by atoms with Crippen LogP contribution in [0.5, 0.6) is 5.75 Å². The second-order valence-corrected chi connectivity index (χ2v) is 4.45. The minimum absolute atomic E-state index is 0.114. The quantitative estimate of drug-likeness (QED) is 0.364. The maximum atomic E-state index is 11.5. The van der Waals surface area contributed by atoms with Gasteiger partial charge < -0.3 is 15.7 Å². The number of thiocarbonyl (C=S) groups is 1. The predicted molar refractivity (Wildman–Crippen MR) is 74.8 cm³/mol. The number of nitro benzene ring substituents is 1. The summed E-state index contributed by atoms with van der Waals surface area (Å²) in [6.07, 6.45) is 0. The third-order valence-corrected chi connectivity index (χ3v) is 2.53. The van der Waals surface area contributed by atoms with Crippen LogP contribution >= 0.6 is 12.2 Å². The lowest BCUT2D eigenvalue weighted by Gasteiger charge is -2.15. The molecule has 0 atom stereocenters. The molecule has 6 nitrogen and oxygen atoms in total. The zero-order chi connectivity index (χ0) is 14.4. The van der Waals surface area contributed by atoms with Gasteiger partial charge in [-0.2, -0.15) is 0 Å². The standard InChI is InChI=1S/C12H15N3O3S/c1-8(2)6-13-12(19)14-7-9-5-10(15(17)18)3-4-11(9)16/h3-5,16H,1,6-7H2,2H3,(H2,13,14,19)/p-1. The number of nitrogens with one attached hydrogen (secondary N) is 2. The van der Waals surface area contributed by atoms with E-state index in [4.69, 9.17) is 12.2 Å². The van der Waals surface area contributed by atoms with Crippen LogP contribution in [-0.4, -0.2) is 16.6 Å². The van der Waals surface area contributed by atoms with Gasteiger partial charge in [-0.25, -0.2) is 0 Å². The van der Waals surface area contributed by atoms with Crippen LogP contribution in [0, 0.1) is 10.1 Å². The fourth-order valence-electron chi connectivity index (χ4n) is 1.29. The number of nitro groups is 1. The molecule has 0 amide bonds. The van der Waals surface area contributed by atoms with E-state index in [0.717, 1.165) is 5.57 Å². The Morgan fingerprint density at radius 3 is 2.74 bits per heavy atom. The summed E-state index contributed by atoms with van der Waals surface area (Å²) < 4.78 is 0. The van der Waals surface area contributed by atoms with Gasteiger partial charge in [0.2, 0.25) is 0 Å². The van der Waals surface area contributed by atoms with Gasteiger partial charge in [0.25, 0.3) is 5.69 Å². The summed E-state index contributed by atoms with van der Waals surface area (Å²) in [5, 5.41) is 28.2. The van der Waals surface area contributed by atoms with Crippen molar-refractivity contribution in [2.45, 2.75) is 13.5 Å². The van der Waals surface area contributed by atoms with Crippen LogP contribution in [-0.2, 0) is 6.54 Å². The lowest BCUT2D eigenvalue weighted by atomic mass is 10.2. The summed E-state index contributed by atoms with van der Waals surface area (Å²) in [5.41, 5.74) is 1.11. The van der Waals surface area contributed by atoms with E-state index in [1.807, 2.05) is 6.92 Å². The highest BCUT2D eigenvalue weighted by Crippen LogP contribution is 2.20. The molecular formula is C12H14N3O3S-. The summed E-state index contributed by atoms with van der Waals surface area (Å²) in [6, 6.07) is 3.61. The molecule has 0 saturated heterocycles. The van der Waals surface area contributed by atoms with E-state index in [1.165, 1.54) is 18.2 Å². The minimum Gasteiger partial charge on any atom is -0.872 e. The van der Waals surface area contributed by atoms with E-state index in [1.54, 1.807) is 0 Å². The van der Waals surface area contributed by atoms with Crippen molar-refractivity contribution in [1.82, 2.24) is 10.6 Å². The Labute approximate surface area is 116 Å². The van der Waals surface area contributed by atoms with E-state index in [-0.39, 0.29) is 18.0 Å². The second-order valence-electron chi connectivity index (χ2n) is 4.04. The van der Waals surface area contributed by atoms with Gasteiger partial charge >= 0.3 is 0 Å². The molecule has 0 radical (unpaired) electrons. The molecule has 0 spiro atoms. The lowest BCUT2D eigenvalue weighted by molar-refractivity contribution is -0.385. The Kier molecular flexibility index (Phi) is 5.25. The average Bonchev–Trinajstić information content (AvgIpc) is 2.35. The summed E-state index contributed by atoms with van der Waals surface area (Å²) >= 11 is 5.00. The van der Waals surface area contributed by atoms with Gasteiger partial charge in [-0.15, -0.1) is 5.75 Å². The maximum Gasteiger partial charge on any atom is 0.269 e. The molecular weight excluding hydrogens is 266 g/mol. The van der Waals surface area contributed by atoms with E-state index in [2.05, 4.69) is 17.2 Å². The molecule has 2 N–H and O–H groups in total. The number of nitrogens with zero attached hydrogens (tertiary/aromatic N) is 1. The van der Waals surface area contributed by atoms with Crippen LogP contribution in [0.3, 0.4) is 0 Å². The molecule has 7 heteroatoms. The third-order valence-electron chi connectivity index (χ3n) is 2.25. The molecule has 0 unspecified atom stereocenters. The molecule has 0 bridgehead atoms. The first-order valence-corrected chi connectivity index (χ1v) is 5.91. The highest BCUT2D eigenvalue weighted by molar-refractivity contribution is 7.80. The van der Waals surface area contributed by atoms with Crippen molar-refractivity contribution in [3.8, 4) is 5.75 Å². The number of hydrogen-bond donors (Lipinski definition) is 2. The second kappa shape index (κ2) is 6.69. The maximum absolute atomic E-state index is 11.5. The molecule has 0 saturated carbocycles. The number of hydrogen-bond acceptors (Lipinski definition) is 4. The van der Waals surface area contributed by atoms with Crippen LogP contribution in [0.2, 0.25) is 0 Å². The molecule has 1 aromatic carbocycles. The van der Waals surface area contributed by atoms with Gasteiger partial charge in [-0.05, 0) is 24.7 Å². The Hall–Kier alpha value is -2.15. The van der Waals surface area contributed by atoms with Gasteiger partial charge in [0, 0.05) is 25.2 Å². The molecule has 1 rings (SSSR count). The van der Waals surface area contributed by atoms with Crippen LogP contribution < -0.4 is 15.7 Å². The summed E-state index contributed by atoms with van der Waals surface area (Å²) in [6.45, 7) is 6.24. The van der Waals surface area contributed by atoms with Gasteiger partial charge in [-0.3, -0.25) is 10.1 Å². The zero-order valence-electron chi connectivity index (χ0n) is 10.4. The number of rotatable bonds is 5. The normalized spacial score (nSPS) is 9.74. The minimum atomic E-state index is -0.541. The summed E-state index contributed by atoms with van der Waals surface area (Å²) in [7, 11) is 0. The number of non-ortho nitro benzene ring substituents is 1. The van der Waals surface area contributed by atoms with E-state index in [9.17, 15) is 15.2 Å². The Bertz CT molecular complexity index is 517. The molecule has 0 fully saturated rings. The SMILES string of the molecule is C=C(C)CNC(=S)NCc1cc([N+](=O)[O-])ccc1[O-]. The topological polar surface area (TPSA) is 90.3 Å². The van der Waals surface area contributed by atoms with Crippen molar-refractivity contribution in [2.75, 3.05) is 6.54 Å². The van der Waals surface area contributed by atoms with Crippen molar-refractivity contribution >= 4 is 23.0 Å². The average molecular weight is 280 g/mol. The van der Waals surface area contributed by atoms with Crippen LogP contribution in [0.25, 0.3) is 0 Å². The molecule has 0 aromatic heterocycles. The monoisotopic (exact) mass is 280 g/mol. The Morgan fingerprint density at radius 1 is 1.47 bits per heavy atom. The van der Waals surface area contributed by atoms with E-state index >= 15 is 0 Å². The van der Waals surface area contributed by atoms with Crippen LogP contribution in [0.15, 0.2) is 30.4 Å². The molecule has 0 aliphatic heterocycles. The Morgan fingerprint density at radius 2 is 2.16 bits per heavy atom. The van der Waals surface area contributed by atoms with Gasteiger partial charge in [0.15, 0.2) is 5.11 Å². The summed E-state index contributed by atoms with van der Waals surface area (Å²) in [5.74, 6) is -0.263. The Balaban J connectivity index is 2.62. The van der Waals surface area contributed by atoms with Crippen molar-refractivity contribution in [2.24, 2.45) is 0 Å². The molecule has 0 aliphatic rings. The highest BCUT2D eigenvalue weighted by Gasteiger charge is 2.07. The molecule has 19 heavy (non-hydrogen) atoms. The van der Waals surface area contributed by atoms with Crippen molar-refractivity contribution < 1.29 is 10.0 Å². The van der Waals surface area contributed by atoms with Crippen molar-refractivity contribution in [3.05, 3.63) is 46.0 Å². The molecule has 0 heterocycles. The third kappa shape index (κ3) is 4.92. The molecule has 1 aromatic rings. The molecule has 102 valence electrons. The van der Waals surface area contributed by atoms with E-state index < -0.39 is 4.92 Å². The van der Waals surface area contributed by atoms with Gasteiger partial charge in [0.1, 0.15) is 0 Å². The predicted octanol–water partition coefficient (Wildman–Crippen LogP) is 1.21. The van der Waals surface area contributed by atoms with E-state index in [0.29, 0.717) is 17.2 Å². The number of benzene rings is 1. The largest absolute Gasteiger partial charge is 0.872 e.